The predicted octanol–water partition coefficient (Wildman–Crippen LogP) is 0.752. The van der Waals surface area contributed by atoms with Crippen molar-refractivity contribution in [3.8, 4) is 5.88 Å². The summed E-state index contributed by atoms with van der Waals surface area (Å²) in [6.45, 7) is 0. The van der Waals surface area contributed by atoms with Gasteiger partial charge in [-0.3, -0.25) is 0 Å². The quantitative estimate of drug-likeness (QED) is 0.723. The Bertz CT molecular complexity index is 348. The number of aromatic nitrogens is 1. The van der Waals surface area contributed by atoms with Gasteiger partial charge in [0.2, 0.25) is 5.88 Å². The highest BCUT2D eigenvalue weighted by Gasteiger charge is 2.21. The smallest absolute Gasteiger partial charge is 0.218 e. The fraction of sp³-hybridized carbons (Fsp3) is 0.300. The van der Waals surface area contributed by atoms with Gasteiger partial charge in [-0.25, -0.2) is 4.98 Å². The first kappa shape index (κ1) is 9.02. The number of pyridine rings is 1. The number of nitrogens with two attached hydrogens (primary N) is 2. The van der Waals surface area contributed by atoms with Crippen molar-refractivity contribution in [1.29, 1.82) is 0 Å². The molecule has 0 fully saturated rings. The zero-order valence-electron chi connectivity index (χ0n) is 7.81. The van der Waals surface area contributed by atoms with Crippen molar-refractivity contribution in [2.45, 2.75) is 18.9 Å². The minimum Gasteiger partial charge on any atom is -0.442 e. The van der Waals surface area contributed by atoms with Crippen LogP contribution in [0.25, 0.3) is 0 Å². The average Bonchev–Trinajstić information content (AvgIpc) is 2.47. The van der Waals surface area contributed by atoms with E-state index in [1.165, 1.54) is 0 Å². The zero-order valence-corrected chi connectivity index (χ0v) is 7.81. The first-order valence-electron chi connectivity index (χ1n) is 4.57. The Labute approximate surface area is 82.6 Å². The van der Waals surface area contributed by atoms with Crippen LogP contribution < -0.4 is 16.2 Å². The highest BCUT2D eigenvalue weighted by atomic mass is 16.5. The molecule has 0 amide bonds. The number of hydrogen-bond donors (Lipinski definition) is 2. The van der Waals surface area contributed by atoms with Crippen LogP contribution in [0.5, 0.6) is 5.88 Å². The lowest BCUT2D eigenvalue weighted by Gasteiger charge is -2.05. The number of nitrogens with zero attached hydrogens (tertiary/aromatic N) is 1. The maximum absolute atomic E-state index is 5.76. The molecule has 0 aliphatic heterocycles. The molecular weight excluding hydrogens is 178 g/mol. The lowest BCUT2D eigenvalue weighted by Crippen LogP contribution is -2.16. The van der Waals surface area contributed by atoms with Gasteiger partial charge in [0.05, 0.1) is 0 Å². The van der Waals surface area contributed by atoms with Gasteiger partial charge in [-0.1, -0.05) is 6.07 Å². The Morgan fingerprint density at radius 2 is 2.21 bits per heavy atom. The van der Waals surface area contributed by atoms with Crippen molar-refractivity contribution >= 4 is 0 Å². The molecule has 0 unspecified atom stereocenters. The average molecular weight is 191 g/mol. The van der Waals surface area contributed by atoms with E-state index < -0.39 is 0 Å². The Morgan fingerprint density at radius 3 is 2.79 bits per heavy atom. The van der Waals surface area contributed by atoms with Crippen LogP contribution in [-0.4, -0.2) is 11.0 Å². The second kappa shape index (κ2) is 3.67. The summed E-state index contributed by atoms with van der Waals surface area (Å²) in [7, 11) is 0. The van der Waals surface area contributed by atoms with E-state index >= 15 is 0 Å². The van der Waals surface area contributed by atoms with Crippen LogP contribution in [0.2, 0.25) is 0 Å². The van der Waals surface area contributed by atoms with Gasteiger partial charge in [-0.15, -0.1) is 0 Å². The molecule has 0 radical (unpaired) electrons. The molecule has 1 aliphatic carbocycles. The summed E-state index contributed by atoms with van der Waals surface area (Å²) in [5, 5.41) is 0. The fourth-order valence-electron chi connectivity index (χ4n) is 1.48. The van der Waals surface area contributed by atoms with Crippen LogP contribution >= 0.6 is 0 Å². The van der Waals surface area contributed by atoms with Crippen LogP contribution in [-0.2, 0) is 0 Å². The second-order valence-electron chi connectivity index (χ2n) is 3.39. The third-order valence-electron chi connectivity index (χ3n) is 2.15. The largest absolute Gasteiger partial charge is 0.442 e. The summed E-state index contributed by atoms with van der Waals surface area (Å²) < 4.78 is 5.52. The lowest BCUT2D eigenvalue weighted by molar-refractivity contribution is 0.387. The Morgan fingerprint density at radius 1 is 1.36 bits per heavy atom. The van der Waals surface area contributed by atoms with E-state index in [9.17, 15) is 0 Å². The summed E-state index contributed by atoms with van der Waals surface area (Å²) in [5.41, 5.74) is 12.3. The topological polar surface area (TPSA) is 74.2 Å². The van der Waals surface area contributed by atoms with Crippen molar-refractivity contribution in [2.75, 3.05) is 0 Å². The first-order chi connectivity index (χ1) is 6.75. The summed E-state index contributed by atoms with van der Waals surface area (Å²) in [5.74, 6) is 1.33. The molecule has 1 aromatic rings. The number of rotatable bonds is 2. The molecule has 1 atom stereocenters. The molecule has 0 aromatic carbocycles. The third kappa shape index (κ3) is 1.85. The molecule has 0 saturated carbocycles. The summed E-state index contributed by atoms with van der Waals surface area (Å²) in [6.07, 6.45) is 3.09. The molecule has 4 heteroatoms. The molecule has 1 aliphatic rings. The van der Waals surface area contributed by atoms with Crippen LogP contribution in [0.3, 0.4) is 0 Å². The lowest BCUT2D eigenvalue weighted by atomic mass is 10.2. The zero-order chi connectivity index (χ0) is 9.97. The Hall–Kier alpha value is -1.55. The minimum absolute atomic E-state index is 0.0914. The number of ether oxygens (including phenoxy) is 1. The molecule has 2 rings (SSSR count). The summed E-state index contributed by atoms with van der Waals surface area (Å²) in [4.78, 5) is 4.05. The van der Waals surface area contributed by atoms with E-state index in [4.69, 9.17) is 16.2 Å². The molecule has 4 nitrogen and oxygen atoms in total. The maximum atomic E-state index is 5.76. The van der Waals surface area contributed by atoms with E-state index in [2.05, 4.69) is 4.98 Å². The molecule has 14 heavy (non-hydrogen) atoms. The van der Waals surface area contributed by atoms with Gasteiger partial charge in [-0.05, 0) is 6.07 Å². The van der Waals surface area contributed by atoms with E-state index in [-0.39, 0.29) is 6.04 Å². The molecule has 0 saturated heterocycles. The van der Waals surface area contributed by atoms with Gasteiger partial charge < -0.3 is 16.2 Å². The van der Waals surface area contributed by atoms with Crippen LogP contribution in [0.4, 0.5) is 0 Å². The number of hydrogen-bond acceptors (Lipinski definition) is 4. The van der Waals surface area contributed by atoms with Crippen LogP contribution in [0.15, 0.2) is 35.9 Å². The normalized spacial score (nSPS) is 21.4. The molecule has 1 aromatic heterocycles. The van der Waals surface area contributed by atoms with Crippen molar-refractivity contribution in [3.63, 3.8) is 0 Å². The summed E-state index contributed by atoms with van der Waals surface area (Å²) >= 11 is 0. The van der Waals surface area contributed by atoms with Crippen molar-refractivity contribution in [3.05, 3.63) is 35.9 Å². The van der Waals surface area contributed by atoms with Crippen molar-refractivity contribution < 1.29 is 4.74 Å². The van der Waals surface area contributed by atoms with Gasteiger partial charge in [0, 0.05) is 36.8 Å². The van der Waals surface area contributed by atoms with Crippen molar-refractivity contribution in [2.24, 2.45) is 11.5 Å². The van der Waals surface area contributed by atoms with E-state index in [0.717, 1.165) is 11.5 Å². The predicted molar refractivity (Wildman–Crippen MR) is 53.3 cm³/mol. The van der Waals surface area contributed by atoms with E-state index in [1.807, 2.05) is 12.1 Å². The van der Waals surface area contributed by atoms with Crippen molar-refractivity contribution in [1.82, 2.24) is 4.98 Å². The first-order valence-corrected chi connectivity index (χ1v) is 4.57. The van der Waals surface area contributed by atoms with E-state index in [0.29, 0.717) is 18.7 Å². The molecular formula is C10H13N3O. The van der Waals surface area contributed by atoms with Gasteiger partial charge in [0.1, 0.15) is 5.76 Å². The Kier molecular flexibility index (Phi) is 2.37. The standard InChI is InChI=1S/C10H13N3O/c11-7-5-8(12)9(6-7)14-10-3-1-2-4-13-10/h1-4,7H,5-6,11-12H2/t7-/m1/s1. The van der Waals surface area contributed by atoms with Gasteiger partial charge in [0.25, 0.3) is 0 Å². The van der Waals surface area contributed by atoms with E-state index in [1.54, 1.807) is 12.3 Å². The molecule has 74 valence electrons. The highest BCUT2D eigenvalue weighted by Crippen LogP contribution is 2.23. The molecule has 1 heterocycles. The molecule has 0 spiro atoms. The summed E-state index contributed by atoms with van der Waals surface area (Å²) in [6, 6.07) is 5.59. The fourth-order valence-corrected chi connectivity index (χ4v) is 1.48. The Balaban J connectivity index is 2.09. The second-order valence-corrected chi connectivity index (χ2v) is 3.39. The van der Waals surface area contributed by atoms with Gasteiger partial charge >= 0.3 is 0 Å². The highest BCUT2D eigenvalue weighted by molar-refractivity contribution is 5.20. The molecule has 4 N–H and O–H groups in total. The monoisotopic (exact) mass is 191 g/mol. The molecule has 0 bridgehead atoms. The third-order valence-corrected chi connectivity index (χ3v) is 2.15. The minimum atomic E-state index is 0.0914. The van der Waals surface area contributed by atoms with Crippen LogP contribution in [0, 0.1) is 0 Å². The maximum Gasteiger partial charge on any atom is 0.218 e. The SMILES string of the molecule is NC1=C(Oc2ccccn2)C[C@H](N)C1. The van der Waals surface area contributed by atoms with Crippen LogP contribution in [0.1, 0.15) is 12.8 Å². The van der Waals surface area contributed by atoms with Gasteiger partial charge in [-0.2, -0.15) is 0 Å². The van der Waals surface area contributed by atoms with Gasteiger partial charge in [0.15, 0.2) is 0 Å².